The molecule has 250 valence electrons. The van der Waals surface area contributed by atoms with Crippen molar-refractivity contribution in [1.29, 1.82) is 5.26 Å². The summed E-state index contributed by atoms with van der Waals surface area (Å²) in [5.74, 6) is -2.80. The van der Waals surface area contributed by atoms with Crippen LogP contribution in [-0.4, -0.2) is 87.7 Å². The molecule has 3 aliphatic rings. The average Bonchev–Trinajstić information content (AvgIpc) is 3.63. The Morgan fingerprint density at radius 1 is 1.15 bits per heavy atom. The summed E-state index contributed by atoms with van der Waals surface area (Å²) >= 11 is 0. The number of alkyl halides is 2. The molecule has 11 heteroatoms. The number of nitrogens with zero attached hydrogens (tertiary/aromatic N) is 2. The summed E-state index contributed by atoms with van der Waals surface area (Å²) in [6.07, 6.45) is -0.483. The van der Waals surface area contributed by atoms with Crippen LogP contribution in [0.4, 0.5) is 8.78 Å². The monoisotopic (exact) mass is 641 g/mol. The molecule has 2 aromatic rings. The lowest BCUT2D eigenvalue weighted by Crippen LogP contribution is -2.53. The van der Waals surface area contributed by atoms with E-state index in [1.165, 1.54) is 11.1 Å². The summed E-state index contributed by atoms with van der Waals surface area (Å²) in [7, 11) is 0. The molecule has 0 unspecified atom stereocenters. The Labute approximate surface area is 269 Å². The maximum absolute atomic E-state index is 13.7. The zero-order chi connectivity index (χ0) is 33.2. The van der Waals surface area contributed by atoms with Crippen molar-refractivity contribution >= 4 is 5.91 Å². The lowest BCUT2D eigenvalue weighted by Gasteiger charge is -2.39. The Kier molecular flexibility index (Phi) is 10.3. The number of hydrogen-bond acceptors (Lipinski definition) is 8. The first-order valence-electron chi connectivity index (χ1n) is 16.1. The number of aryl methyl sites for hydroxylation is 1. The lowest BCUT2D eigenvalue weighted by atomic mass is 9.87. The van der Waals surface area contributed by atoms with Crippen LogP contribution < -0.4 is 10.1 Å². The minimum Gasteiger partial charge on any atom is -0.494 e. The molecule has 0 bridgehead atoms. The van der Waals surface area contributed by atoms with Gasteiger partial charge in [-0.05, 0) is 99.2 Å². The first-order valence-corrected chi connectivity index (χ1v) is 16.1. The fourth-order valence-corrected chi connectivity index (χ4v) is 6.80. The van der Waals surface area contributed by atoms with Crippen LogP contribution in [0.2, 0.25) is 0 Å². The fourth-order valence-electron chi connectivity index (χ4n) is 6.80. The van der Waals surface area contributed by atoms with Gasteiger partial charge in [0.05, 0.1) is 31.9 Å². The van der Waals surface area contributed by atoms with Crippen LogP contribution in [0.25, 0.3) is 0 Å². The number of nitriles is 1. The molecule has 2 heterocycles. The van der Waals surface area contributed by atoms with Gasteiger partial charge in [0.2, 0.25) is 5.91 Å². The van der Waals surface area contributed by atoms with Crippen molar-refractivity contribution in [2.75, 3.05) is 19.7 Å². The number of rotatable bonds is 11. The third-order valence-electron chi connectivity index (χ3n) is 9.50. The van der Waals surface area contributed by atoms with Crippen LogP contribution in [0.1, 0.15) is 80.4 Å². The maximum atomic E-state index is 13.7. The number of fused-ring (bicyclic) bond motifs is 1. The van der Waals surface area contributed by atoms with E-state index in [1.807, 2.05) is 38.1 Å². The summed E-state index contributed by atoms with van der Waals surface area (Å²) in [6.45, 7) is 5.20. The zero-order valence-corrected chi connectivity index (χ0v) is 26.7. The molecule has 9 nitrogen and oxygen atoms in total. The topological polar surface area (TPSA) is 135 Å². The van der Waals surface area contributed by atoms with Crippen molar-refractivity contribution < 1.29 is 38.4 Å². The number of nitrogens with one attached hydrogen (secondary N) is 1. The van der Waals surface area contributed by atoms with E-state index in [0.717, 1.165) is 46.6 Å². The van der Waals surface area contributed by atoms with E-state index < -0.39 is 66.9 Å². The van der Waals surface area contributed by atoms with Gasteiger partial charge in [0.1, 0.15) is 36.2 Å². The molecule has 0 saturated carbocycles. The second kappa shape index (κ2) is 13.9. The van der Waals surface area contributed by atoms with Crippen LogP contribution in [0.15, 0.2) is 36.4 Å². The maximum Gasteiger partial charge on any atom is 0.268 e. The molecule has 46 heavy (non-hydrogen) atoms. The van der Waals surface area contributed by atoms with Crippen LogP contribution >= 0.6 is 0 Å². The molecule has 5 rings (SSSR count). The smallest absolute Gasteiger partial charge is 0.268 e. The van der Waals surface area contributed by atoms with Gasteiger partial charge >= 0.3 is 0 Å². The van der Waals surface area contributed by atoms with Gasteiger partial charge in [-0.25, -0.2) is 8.78 Å². The van der Waals surface area contributed by atoms with Gasteiger partial charge in [-0.1, -0.05) is 24.3 Å². The van der Waals surface area contributed by atoms with Gasteiger partial charge in [-0.3, -0.25) is 4.79 Å². The highest BCUT2D eigenvalue weighted by atomic mass is 19.3. The number of amides is 1. The molecular weight excluding hydrogens is 596 g/mol. The van der Waals surface area contributed by atoms with Crippen molar-refractivity contribution in [3.63, 3.8) is 0 Å². The van der Waals surface area contributed by atoms with E-state index >= 15 is 0 Å². The third kappa shape index (κ3) is 7.86. The number of halogens is 2. The number of carbonyl (C=O) groups excluding carboxylic acids is 1. The Morgan fingerprint density at radius 2 is 1.89 bits per heavy atom. The second-order valence-corrected chi connectivity index (χ2v) is 13.6. The third-order valence-corrected chi connectivity index (χ3v) is 9.50. The Hall–Kier alpha value is -3.14. The predicted octanol–water partition coefficient (Wildman–Crippen LogP) is 3.60. The lowest BCUT2D eigenvalue weighted by molar-refractivity contribution is -0.219. The van der Waals surface area contributed by atoms with E-state index in [4.69, 9.17) is 14.7 Å². The van der Waals surface area contributed by atoms with Crippen LogP contribution in [0.3, 0.4) is 0 Å². The highest BCUT2D eigenvalue weighted by Crippen LogP contribution is 2.37. The molecule has 1 amide bonds. The quantitative estimate of drug-likeness (QED) is 0.274. The van der Waals surface area contributed by atoms with Gasteiger partial charge < -0.3 is 35.0 Å². The molecule has 0 radical (unpaired) electrons. The summed E-state index contributed by atoms with van der Waals surface area (Å²) in [5, 5.41) is 43.5. The van der Waals surface area contributed by atoms with Gasteiger partial charge in [0.15, 0.2) is 0 Å². The van der Waals surface area contributed by atoms with Gasteiger partial charge in [0.25, 0.3) is 5.92 Å². The van der Waals surface area contributed by atoms with Gasteiger partial charge in [0, 0.05) is 12.0 Å². The van der Waals surface area contributed by atoms with E-state index in [1.54, 1.807) is 13.0 Å². The van der Waals surface area contributed by atoms with Crippen LogP contribution in [0.5, 0.6) is 5.75 Å². The molecular formula is C35H45F2N3O6. The SMILES string of the molecule is C[C@H]1O[C@@H](c2cc3c(c(Cc4ccc(OCCCC(C)(C)NCC(=O)N5CC(F)(F)C[C@H]5C#N)cc4)c2)CCC3)[C@H](O)[C@@H](O)[C@@H]1O. The number of benzene rings is 2. The number of likely N-dealkylation sites (tertiary alicyclic amines) is 1. The summed E-state index contributed by atoms with van der Waals surface area (Å²) in [4.78, 5) is 13.5. The van der Waals surface area contributed by atoms with E-state index in [2.05, 4.69) is 17.4 Å². The molecule has 0 spiro atoms. The minimum absolute atomic E-state index is 0.117. The molecule has 0 aromatic heterocycles. The second-order valence-electron chi connectivity index (χ2n) is 13.6. The molecule has 2 aromatic carbocycles. The normalized spacial score (nSPS) is 27.3. The summed E-state index contributed by atoms with van der Waals surface area (Å²) < 4.78 is 39.3. The van der Waals surface area contributed by atoms with Crippen molar-refractivity contribution in [3.8, 4) is 11.8 Å². The zero-order valence-electron chi connectivity index (χ0n) is 26.7. The molecule has 1 aliphatic carbocycles. The number of ether oxygens (including phenoxy) is 2. The largest absolute Gasteiger partial charge is 0.494 e. The van der Waals surface area contributed by atoms with E-state index in [-0.39, 0.29) is 6.54 Å². The molecule has 2 saturated heterocycles. The van der Waals surface area contributed by atoms with E-state index in [9.17, 15) is 28.9 Å². The van der Waals surface area contributed by atoms with Crippen molar-refractivity contribution in [2.45, 2.75) is 114 Å². The van der Waals surface area contributed by atoms with Crippen LogP contribution in [0, 0.1) is 11.3 Å². The Bertz CT molecular complexity index is 1430. The van der Waals surface area contributed by atoms with Crippen molar-refractivity contribution in [3.05, 3.63) is 64.2 Å². The molecule has 4 N–H and O–H groups in total. The predicted molar refractivity (Wildman–Crippen MR) is 167 cm³/mol. The number of aliphatic hydroxyl groups excluding tert-OH is 3. The molecule has 2 aliphatic heterocycles. The van der Waals surface area contributed by atoms with Crippen molar-refractivity contribution in [1.82, 2.24) is 10.2 Å². The minimum atomic E-state index is -3.03. The summed E-state index contributed by atoms with van der Waals surface area (Å²) in [6, 6.07) is 12.8. The fraction of sp³-hybridized carbons (Fsp3) is 0.600. The highest BCUT2D eigenvalue weighted by molar-refractivity contribution is 5.79. The first kappa shape index (κ1) is 34.2. The first-order chi connectivity index (χ1) is 21.8. The number of carbonyl (C=O) groups is 1. The molecule has 2 fully saturated rings. The number of aliphatic hydroxyl groups is 3. The standard InChI is InChI=1S/C35H45F2N3O6/c1-21-30(42)31(43)32(44)33(46-21)25-15-23-6-4-7-28(23)24(16-25)14-22-8-10-27(11-9-22)45-13-5-12-34(2,3)39-19-29(41)40-20-35(36,37)17-26(40)18-38/h8-11,15-16,21,26,30-33,39,42-44H,4-7,12-14,17,19-20H2,1-3H3/t21-,26+,30-,31+,32-,33+/m1/s1. The van der Waals surface area contributed by atoms with E-state index in [0.29, 0.717) is 25.9 Å². The van der Waals surface area contributed by atoms with Gasteiger partial charge in [-0.2, -0.15) is 5.26 Å². The molecule has 6 atom stereocenters. The Morgan fingerprint density at radius 3 is 2.61 bits per heavy atom. The van der Waals surface area contributed by atoms with Gasteiger partial charge in [-0.15, -0.1) is 0 Å². The highest BCUT2D eigenvalue weighted by Gasteiger charge is 2.47. The van der Waals surface area contributed by atoms with Crippen LogP contribution in [-0.2, 0) is 28.8 Å². The summed E-state index contributed by atoms with van der Waals surface area (Å²) in [5.41, 5.74) is 5.21. The van der Waals surface area contributed by atoms with Crippen molar-refractivity contribution in [2.24, 2.45) is 0 Å². The average molecular weight is 642 g/mol. The number of hydrogen-bond donors (Lipinski definition) is 4. The Balaban J connectivity index is 1.12.